The minimum atomic E-state index is -0.582. The maximum atomic E-state index is 15.9. The first-order valence-corrected chi connectivity index (χ1v) is 14.5. The van der Waals surface area contributed by atoms with Gasteiger partial charge in [0, 0.05) is 49.5 Å². The van der Waals surface area contributed by atoms with Gasteiger partial charge in [0.15, 0.2) is 0 Å². The molecular weight excluding hydrogens is 542 g/mol. The Labute approximate surface area is 251 Å². The Balaban J connectivity index is 1.46. The highest BCUT2D eigenvalue weighted by molar-refractivity contribution is 7.00. The van der Waals surface area contributed by atoms with Crippen molar-refractivity contribution in [3.05, 3.63) is 126 Å². The van der Waals surface area contributed by atoms with E-state index in [4.69, 9.17) is 0 Å². The van der Waals surface area contributed by atoms with Crippen LogP contribution in [0, 0.1) is 28.5 Å². The second kappa shape index (κ2) is 8.04. The van der Waals surface area contributed by atoms with Crippen LogP contribution in [0.1, 0.15) is 11.1 Å². The molecular formula is C38H18BFN4. The number of nitrogens with zero attached hydrogens (tertiary/aromatic N) is 4. The summed E-state index contributed by atoms with van der Waals surface area (Å²) in [6, 6.07) is 40.9. The van der Waals surface area contributed by atoms with E-state index in [0.29, 0.717) is 5.56 Å². The highest BCUT2D eigenvalue weighted by Crippen LogP contribution is 2.41. The fourth-order valence-corrected chi connectivity index (χ4v) is 8.02. The van der Waals surface area contributed by atoms with Gasteiger partial charge in [-0.2, -0.15) is 10.5 Å². The molecule has 0 atom stereocenters. The standard InChI is InChI=1S/C38H18BFN4/c40-30-16-21(19-41)15-23(20-42)35(30)22-17-33-36-34(18-22)44-32-14-4-2-8-25(32)27-10-6-12-29(38(27)44)39(36)28-11-5-9-26-24-7-1-3-13-31(24)43(33)37(26)28/h1-18H. The Morgan fingerprint density at radius 1 is 0.591 bits per heavy atom. The van der Waals surface area contributed by atoms with E-state index < -0.39 is 5.82 Å². The first-order chi connectivity index (χ1) is 21.7. The van der Waals surface area contributed by atoms with Crippen LogP contribution in [-0.4, -0.2) is 15.8 Å². The number of rotatable bonds is 1. The van der Waals surface area contributed by atoms with E-state index in [0.717, 1.165) is 49.7 Å². The fraction of sp³-hybridized carbons (Fsp3) is 0. The first kappa shape index (κ1) is 23.5. The van der Waals surface area contributed by atoms with E-state index >= 15 is 4.39 Å². The molecule has 44 heavy (non-hydrogen) atoms. The van der Waals surface area contributed by atoms with Crippen molar-refractivity contribution in [2.24, 2.45) is 0 Å². The van der Waals surface area contributed by atoms with E-state index in [2.05, 4.69) is 100 Å². The van der Waals surface area contributed by atoms with Crippen LogP contribution in [0.4, 0.5) is 4.39 Å². The van der Waals surface area contributed by atoms with Gasteiger partial charge in [-0.3, -0.25) is 0 Å². The van der Waals surface area contributed by atoms with Crippen molar-refractivity contribution in [3.8, 4) is 34.6 Å². The Bertz CT molecular complexity index is 2570. The van der Waals surface area contributed by atoms with E-state index in [1.165, 1.54) is 33.8 Å². The molecule has 0 spiro atoms. The molecule has 4 heterocycles. The molecule has 0 radical (unpaired) electrons. The summed E-state index contributed by atoms with van der Waals surface area (Å²) in [6.45, 7) is -0.0312. The molecule has 8 aromatic rings. The molecule has 6 heteroatoms. The number of fused-ring (bicyclic) bond motifs is 10. The maximum absolute atomic E-state index is 15.9. The largest absolute Gasteiger partial charge is 0.310 e. The second-order valence-electron chi connectivity index (χ2n) is 11.7. The summed E-state index contributed by atoms with van der Waals surface area (Å²) in [7, 11) is 0. The molecule has 4 nitrogen and oxygen atoms in total. The molecule has 10 rings (SSSR count). The number of benzene rings is 6. The monoisotopic (exact) mass is 560 g/mol. The van der Waals surface area contributed by atoms with Gasteiger partial charge in [-0.1, -0.05) is 72.8 Å². The van der Waals surface area contributed by atoms with E-state index in [1.54, 1.807) is 0 Å². The third-order valence-corrected chi connectivity index (χ3v) is 9.61. The van der Waals surface area contributed by atoms with Crippen molar-refractivity contribution < 1.29 is 4.39 Å². The van der Waals surface area contributed by atoms with Crippen molar-refractivity contribution in [3.63, 3.8) is 0 Å². The van der Waals surface area contributed by atoms with Gasteiger partial charge in [0.25, 0.3) is 6.71 Å². The maximum Gasteiger partial charge on any atom is 0.252 e. The SMILES string of the molecule is N#Cc1cc(F)c(-c2cc3c4c(c2)-n2c5ccccc5c5cccc(c52)B4c2cccc4c5ccccc5n-3c24)c(C#N)c1. The third kappa shape index (κ3) is 2.67. The van der Waals surface area contributed by atoms with Crippen LogP contribution < -0.4 is 16.4 Å². The highest BCUT2D eigenvalue weighted by Gasteiger charge is 2.41. The van der Waals surface area contributed by atoms with Gasteiger partial charge in [0.1, 0.15) is 5.82 Å². The summed E-state index contributed by atoms with van der Waals surface area (Å²) in [5.74, 6) is -0.582. The topological polar surface area (TPSA) is 57.4 Å². The molecule has 0 fully saturated rings. The molecule has 0 aliphatic carbocycles. The quantitative estimate of drug-likeness (QED) is 0.213. The fourth-order valence-electron chi connectivity index (χ4n) is 8.02. The molecule has 2 aliphatic rings. The number of halogens is 1. The number of hydrogen-bond donors (Lipinski definition) is 0. The lowest BCUT2D eigenvalue weighted by molar-refractivity contribution is 0.630. The van der Waals surface area contributed by atoms with Crippen molar-refractivity contribution in [1.29, 1.82) is 10.5 Å². The van der Waals surface area contributed by atoms with Gasteiger partial charge in [-0.05, 0) is 58.4 Å². The predicted molar refractivity (Wildman–Crippen MR) is 175 cm³/mol. The zero-order valence-corrected chi connectivity index (χ0v) is 23.1. The van der Waals surface area contributed by atoms with Crippen LogP contribution in [0.25, 0.3) is 66.1 Å². The van der Waals surface area contributed by atoms with Crippen molar-refractivity contribution in [1.82, 2.24) is 9.13 Å². The van der Waals surface area contributed by atoms with Crippen LogP contribution in [0.3, 0.4) is 0 Å². The summed E-state index contributed by atoms with van der Waals surface area (Å²) in [5.41, 5.74) is 11.1. The minimum absolute atomic E-state index is 0.0312. The molecule has 0 unspecified atom stereocenters. The van der Waals surface area contributed by atoms with E-state index in [-0.39, 0.29) is 23.4 Å². The van der Waals surface area contributed by atoms with E-state index in [9.17, 15) is 10.5 Å². The average Bonchev–Trinajstić information content (AvgIpc) is 3.59. The number of hydrogen-bond acceptors (Lipinski definition) is 2. The van der Waals surface area contributed by atoms with Gasteiger partial charge in [0.2, 0.25) is 0 Å². The summed E-state index contributed by atoms with van der Waals surface area (Å²) in [6.07, 6.45) is 0. The summed E-state index contributed by atoms with van der Waals surface area (Å²) in [5, 5.41) is 24.3. The Morgan fingerprint density at radius 3 is 1.68 bits per heavy atom. The van der Waals surface area contributed by atoms with Crippen LogP contribution in [0.5, 0.6) is 0 Å². The second-order valence-corrected chi connectivity index (χ2v) is 11.7. The van der Waals surface area contributed by atoms with Crippen LogP contribution in [0.2, 0.25) is 0 Å². The molecule has 0 saturated heterocycles. The van der Waals surface area contributed by atoms with Crippen molar-refractivity contribution >= 4 is 66.7 Å². The number of para-hydroxylation sites is 4. The Kier molecular flexibility index (Phi) is 4.29. The van der Waals surface area contributed by atoms with Crippen LogP contribution in [0.15, 0.2) is 109 Å². The predicted octanol–water partition coefficient (Wildman–Crippen LogP) is 6.57. The Hall–Kier alpha value is -6.11. The Morgan fingerprint density at radius 2 is 1.14 bits per heavy atom. The normalized spacial score (nSPS) is 12.6. The summed E-state index contributed by atoms with van der Waals surface area (Å²) >= 11 is 0. The van der Waals surface area contributed by atoms with Crippen LogP contribution >= 0.6 is 0 Å². The van der Waals surface area contributed by atoms with Gasteiger partial charge in [-0.25, -0.2) is 4.39 Å². The molecule has 0 amide bonds. The van der Waals surface area contributed by atoms with E-state index in [1.807, 2.05) is 18.2 Å². The van der Waals surface area contributed by atoms with Gasteiger partial charge >= 0.3 is 0 Å². The molecule has 6 aromatic carbocycles. The van der Waals surface area contributed by atoms with Gasteiger partial charge in [0.05, 0.1) is 34.3 Å². The lowest BCUT2D eigenvalue weighted by Gasteiger charge is -2.34. The molecule has 0 saturated carbocycles. The highest BCUT2D eigenvalue weighted by atomic mass is 19.1. The minimum Gasteiger partial charge on any atom is -0.310 e. The number of aromatic nitrogens is 2. The molecule has 2 aromatic heterocycles. The average molecular weight is 560 g/mol. The van der Waals surface area contributed by atoms with Gasteiger partial charge in [-0.15, -0.1) is 0 Å². The lowest BCUT2D eigenvalue weighted by Crippen LogP contribution is -2.59. The van der Waals surface area contributed by atoms with Gasteiger partial charge < -0.3 is 9.13 Å². The summed E-state index contributed by atoms with van der Waals surface area (Å²) < 4.78 is 20.6. The zero-order valence-electron chi connectivity index (χ0n) is 23.1. The third-order valence-electron chi connectivity index (χ3n) is 9.61. The van der Waals surface area contributed by atoms with Crippen molar-refractivity contribution in [2.45, 2.75) is 0 Å². The summed E-state index contributed by atoms with van der Waals surface area (Å²) in [4.78, 5) is 0. The molecule has 2 aliphatic heterocycles. The zero-order chi connectivity index (χ0) is 29.3. The van der Waals surface area contributed by atoms with Crippen molar-refractivity contribution in [2.75, 3.05) is 0 Å². The number of nitriles is 2. The molecule has 200 valence electrons. The molecule has 0 N–H and O–H groups in total. The smallest absolute Gasteiger partial charge is 0.252 e. The lowest BCUT2D eigenvalue weighted by atomic mass is 9.34. The molecule has 0 bridgehead atoms. The first-order valence-electron chi connectivity index (χ1n) is 14.5. The van der Waals surface area contributed by atoms with Crippen LogP contribution in [-0.2, 0) is 0 Å².